The minimum Gasteiger partial charge on any atom is -0.465 e. The number of rotatable bonds is 6. The van der Waals surface area contributed by atoms with Crippen molar-refractivity contribution in [1.82, 2.24) is 19.9 Å². The van der Waals surface area contributed by atoms with E-state index in [1.165, 1.54) is 23.2 Å². The zero-order chi connectivity index (χ0) is 25.7. The average molecular weight is 489 g/mol. The van der Waals surface area contributed by atoms with Crippen molar-refractivity contribution in [2.24, 2.45) is 0 Å². The summed E-state index contributed by atoms with van der Waals surface area (Å²) in [4.78, 5) is 50.0. The number of piperidine rings is 1. The lowest BCUT2D eigenvalue weighted by atomic mass is 10.0. The van der Waals surface area contributed by atoms with Crippen LogP contribution in [0.4, 0.5) is 10.6 Å². The molecule has 11 heteroatoms. The van der Waals surface area contributed by atoms with Crippen molar-refractivity contribution in [2.75, 3.05) is 18.5 Å². The number of benzene rings is 1. The third-order valence-electron chi connectivity index (χ3n) is 5.82. The number of anilines is 1. The molecule has 1 atom stereocenters. The molecule has 11 nitrogen and oxygen atoms in total. The molecular formula is C25H24N6O5. The normalized spacial score (nSPS) is 15.1. The summed E-state index contributed by atoms with van der Waals surface area (Å²) < 4.78 is 5.18. The van der Waals surface area contributed by atoms with Crippen LogP contribution in [0.1, 0.15) is 64.5 Å². The summed E-state index contributed by atoms with van der Waals surface area (Å²) in [6.07, 6.45) is 2.58. The molecule has 3 heterocycles. The third-order valence-corrected chi connectivity index (χ3v) is 5.82. The van der Waals surface area contributed by atoms with Gasteiger partial charge in [0.25, 0.3) is 5.91 Å². The van der Waals surface area contributed by atoms with Gasteiger partial charge in [-0.3, -0.25) is 9.69 Å². The van der Waals surface area contributed by atoms with Gasteiger partial charge in [0.1, 0.15) is 17.3 Å². The predicted molar refractivity (Wildman–Crippen MR) is 128 cm³/mol. The summed E-state index contributed by atoms with van der Waals surface area (Å²) in [6, 6.07) is 10.9. The molecule has 0 saturated carbocycles. The number of nitrogens with zero attached hydrogens (tertiary/aromatic N) is 4. The topological polar surface area (TPSA) is 161 Å². The molecule has 4 rings (SSSR count). The number of aromatic nitrogens is 3. The number of carbonyl (C=O) groups is 3. The Morgan fingerprint density at radius 2 is 2.03 bits per heavy atom. The minimum absolute atomic E-state index is 0.123. The fraction of sp³-hybridized carbons (Fsp3) is 0.280. The zero-order valence-corrected chi connectivity index (χ0v) is 19.5. The quantitative estimate of drug-likeness (QED) is 0.439. The van der Waals surface area contributed by atoms with Crippen molar-refractivity contribution in [3.63, 3.8) is 0 Å². The van der Waals surface area contributed by atoms with E-state index in [2.05, 4.69) is 20.3 Å². The van der Waals surface area contributed by atoms with Gasteiger partial charge < -0.3 is 20.1 Å². The van der Waals surface area contributed by atoms with Crippen LogP contribution in [0.25, 0.3) is 11.3 Å². The van der Waals surface area contributed by atoms with Crippen molar-refractivity contribution in [1.29, 1.82) is 5.26 Å². The molecule has 1 saturated heterocycles. The number of carbonyl (C=O) groups excluding carboxylic acids is 2. The Balaban J connectivity index is 1.62. The Bertz CT molecular complexity index is 1330. The molecule has 3 N–H and O–H groups in total. The number of aromatic amines is 1. The zero-order valence-electron chi connectivity index (χ0n) is 19.5. The maximum absolute atomic E-state index is 12.7. The number of pyridine rings is 1. The fourth-order valence-electron chi connectivity index (χ4n) is 4.09. The van der Waals surface area contributed by atoms with E-state index in [0.717, 1.165) is 12.8 Å². The lowest BCUT2D eigenvalue weighted by Gasteiger charge is -2.32. The van der Waals surface area contributed by atoms with E-state index in [9.17, 15) is 19.5 Å². The van der Waals surface area contributed by atoms with Gasteiger partial charge in [-0.25, -0.2) is 19.6 Å². The summed E-state index contributed by atoms with van der Waals surface area (Å²) in [5, 5.41) is 21.3. The number of likely N-dealkylation sites (tertiary alicyclic amines) is 1. The highest BCUT2D eigenvalue weighted by Gasteiger charge is 2.32. The second-order valence-corrected chi connectivity index (χ2v) is 8.13. The molecule has 3 aromatic rings. The first-order valence-electron chi connectivity index (χ1n) is 11.5. The van der Waals surface area contributed by atoms with Crippen LogP contribution >= 0.6 is 0 Å². The summed E-state index contributed by atoms with van der Waals surface area (Å²) in [6.45, 7) is 2.24. The van der Waals surface area contributed by atoms with Crippen LogP contribution in [-0.2, 0) is 4.74 Å². The van der Waals surface area contributed by atoms with Crippen LogP contribution in [0.3, 0.4) is 0 Å². The van der Waals surface area contributed by atoms with Crippen molar-refractivity contribution in [3.8, 4) is 17.3 Å². The second-order valence-electron chi connectivity index (χ2n) is 8.13. The molecule has 1 unspecified atom stereocenters. The molecule has 0 bridgehead atoms. The Kier molecular flexibility index (Phi) is 7.25. The van der Waals surface area contributed by atoms with E-state index in [4.69, 9.17) is 10.00 Å². The number of esters is 1. The first-order valence-corrected chi connectivity index (χ1v) is 11.5. The van der Waals surface area contributed by atoms with Crippen molar-refractivity contribution < 1.29 is 24.2 Å². The van der Waals surface area contributed by atoms with Crippen LogP contribution in [0.15, 0.2) is 42.6 Å². The lowest BCUT2D eigenvalue weighted by Crippen LogP contribution is -2.38. The highest BCUT2D eigenvalue weighted by Crippen LogP contribution is 2.32. The number of H-pyrrole nitrogens is 1. The van der Waals surface area contributed by atoms with Gasteiger partial charge in [-0.05, 0) is 50.5 Å². The first kappa shape index (κ1) is 24.4. The maximum atomic E-state index is 12.7. The molecule has 1 aliphatic heterocycles. The van der Waals surface area contributed by atoms with Gasteiger partial charge in [0.05, 0.1) is 24.3 Å². The number of imidazole rings is 1. The molecule has 1 fully saturated rings. The predicted octanol–water partition coefficient (Wildman–Crippen LogP) is 3.98. The highest BCUT2D eigenvalue weighted by atomic mass is 16.5. The van der Waals surface area contributed by atoms with Gasteiger partial charge in [0, 0.05) is 23.9 Å². The summed E-state index contributed by atoms with van der Waals surface area (Å²) in [7, 11) is 0. The average Bonchev–Trinajstić information content (AvgIpc) is 3.34. The van der Waals surface area contributed by atoms with Gasteiger partial charge in [0.15, 0.2) is 5.69 Å². The van der Waals surface area contributed by atoms with Gasteiger partial charge >= 0.3 is 12.1 Å². The Morgan fingerprint density at radius 1 is 1.25 bits per heavy atom. The van der Waals surface area contributed by atoms with Crippen LogP contribution in [0.5, 0.6) is 0 Å². The van der Waals surface area contributed by atoms with E-state index < -0.39 is 24.0 Å². The van der Waals surface area contributed by atoms with Crippen LogP contribution in [0, 0.1) is 11.3 Å². The smallest absolute Gasteiger partial charge is 0.407 e. The first-order chi connectivity index (χ1) is 17.4. The monoisotopic (exact) mass is 488 g/mol. The number of ether oxygens (including phenoxy) is 1. The number of nitriles is 1. The SMILES string of the molecule is CCOC(=O)c1[nH]c(C2CCCCN2C(=O)O)nc1-c1ccc(C(=O)Nc2cc(C#N)ccn2)cc1. The standard InChI is InChI=1S/C25H24N6O5/c1-2-36-24(33)21-20(29-22(30-21)18-5-3-4-12-31(18)25(34)35)16-6-8-17(9-7-16)23(32)28-19-13-15(14-26)10-11-27-19/h6-11,13,18H,2-5,12H2,1H3,(H,29,30)(H,34,35)(H,27,28,32). The number of carboxylic acid groups (broad SMARTS) is 1. The largest absolute Gasteiger partial charge is 0.465 e. The van der Waals surface area contributed by atoms with Crippen LogP contribution < -0.4 is 5.32 Å². The highest BCUT2D eigenvalue weighted by molar-refractivity contribution is 6.04. The van der Waals surface area contributed by atoms with Gasteiger partial charge in [-0.2, -0.15) is 5.26 Å². The Labute approximate surface area is 206 Å². The molecule has 0 radical (unpaired) electrons. The number of amides is 2. The van der Waals surface area contributed by atoms with E-state index in [1.807, 2.05) is 6.07 Å². The van der Waals surface area contributed by atoms with E-state index in [1.54, 1.807) is 31.2 Å². The van der Waals surface area contributed by atoms with Gasteiger partial charge in [0.2, 0.25) is 0 Å². The molecule has 0 aliphatic carbocycles. The fourth-order valence-corrected chi connectivity index (χ4v) is 4.09. The van der Waals surface area contributed by atoms with Crippen molar-refractivity contribution in [3.05, 3.63) is 65.2 Å². The molecular weight excluding hydrogens is 464 g/mol. The number of nitrogens with one attached hydrogen (secondary N) is 2. The molecule has 2 aromatic heterocycles. The van der Waals surface area contributed by atoms with E-state index in [0.29, 0.717) is 41.2 Å². The summed E-state index contributed by atoms with van der Waals surface area (Å²) in [5.74, 6) is -0.397. The molecule has 1 aromatic carbocycles. The Morgan fingerprint density at radius 3 is 2.72 bits per heavy atom. The summed E-state index contributed by atoms with van der Waals surface area (Å²) >= 11 is 0. The van der Waals surface area contributed by atoms with Gasteiger partial charge in [-0.1, -0.05) is 12.1 Å². The molecule has 184 valence electrons. The third kappa shape index (κ3) is 5.17. The second kappa shape index (κ2) is 10.7. The molecule has 36 heavy (non-hydrogen) atoms. The molecule has 2 amide bonds. The van der Waals surface area contributed by atoms with Crippen LogP contribution in [-0.4, -0.2) is 56.1 Å². The summed E-state index contributed by atoms with van der Waals surface area (Å²) in [5.41, 5.74) is 1.70. The van der Waals surface area contributed by atoms with E-state index in [-0.39, 0.29) is 18.1 Å². The Hall–Kier alpha value is -4.72. The minimum atomic E-state index is -1.04. The maximum Gasteiger partial charge on any atom is 0.407 e. The van der Waals surface area contributed by atoms with Crippen molar-refractivity contribution in [2.45, 2.75) is 32.2 Å². The van der Waals surface area contributed by atoms with Crippen LogP contribution in [0.2, 0.25) is 0 Å². The van der Waals surface area contributed by atoms with Gasteiger partial charge in [-0.15, -0.1) is 0 Å². The molecule has 1 aliphatic rings. The van der Waals surface area contributed by atoms with E-state index >= 15 is 0 Å². The number of hydrogen-bond acceptors (Lipinski definition) is 7. The lowest BCUT2D eigenvalue weighted by molar-refractivity contribution is 0.0520. The molecule has 0 spiro atoms. The van der Waals surface area contributed by atoms with Crippen molar-refractivity contribution >= 4 is 23.8 Å². The number of hydrogen-bond donors (Lipinski definition) is 3.